The molecule has 1 atom stereocenters. The van der Waals surface area contributed by atoms with E-state index in [1.807, 2.05) is 22.8 Å². The van der Waals surface area contributed by atoms with Crippen molar-refractivity contribution in [2.75, 3.05) is 6.54 Å². The Morgan fingerprint density at radius 1 is 0.897 bits per heavy atom. The Balaban J connectivity index is 1.46. The number of nitrogens with zero attached hydrogens (tertiary/aromatic N) is 2. The van der Waals surface area contributed by atoms with Crippen LogP contribution in [0.4, 0.5) is 8.78 Å². The minimum absolute atomic E-state index is 0.0917. The van der Waals surface area contributed by atoms with Gasteiger partial charge in [-0.05, 0) is 48.0 Å². The standard InChI is InChI=1S/C23H18F2N2O2/c24-15-5-7-21-19(9-15)20-10-16(25)6-8-22(20)27(21)13-17(28)12-26-11-14-3-1-2-4-18(14)23(26)29/h1-10,17,28H,11-13H2. The zero-order valence-corrected chi connectivity index (χ0v) is 15.5. The number of benzene rings is 3. The molecule has 6 heteroatoms. The van der Waals surface area contributed by atoms with Crippen LogP contribution in [-0.2, 0) is 13.1 Å². The van der Waals surface area contributed by atoms with Crippen molar-refractivity contribution >= 4 is 27.7 Å². The number of aliphatic hydroxyl groups excluding tert-OH is 1. The molecule has 1 amide bonds. The van der Waals surface area contributed by atoms with Gasteiger partial charge in [0.15, 0.2) is 0 Å². The van der Waals surface area contributed by atoms with E-state index in [1.54, 1.807) is 23.1 Å². The Labute approximate surface area is 165 Å². The van der Waals surface area contributed by atoms with Gasteiger partial charge in [-0.1, -0.05) is 18.2 Å². The maximum Gasteiger partial charge on any atom is 0.254 e. The van der Waals surface area contributed by atoms with Crippen LogP contribution in [0.25, 0.3) is 21.8 Å². The largest absolute Gasteiger partial charge is 0.389 e. The second-order valence-corrected chi connectivity index (χ2v) is 7.43. The molecule has 0 saturated heterocycles. The van der Waals surface area contributed by atoms with Crippen molar-refractivity contribution < 1.29 is 18.7 Å². The SMILES string of the molecule is O=C1c2ccccc2CN1CC(O)Cn1c2ccc(F)cc2c2cc(F)ccc21. The number of carbonyl (C=O) groups is 1. The topological polar surface area (TPSA) is 45.5 Å². The fraction of sp³-hybridized carbons (Fsp3) is 0.174. The van der Waals surface area contributed by atoms with Crippen molar-refractivity contribution in [1.29, 1.82) is 0 Å². The summed E-state index contributed by atoms with van der Waals surface area (Å²) in [6, 6.07) is 16.1. The predicted octanol–water partition coefficient (Wildman–Crippen LogP) is 4.09. The number of hydrogen-bond donors (Lipinski definition) is 1. The van der Waals surface area contributed by atoms with Crippen LogP contribution in [-0.4, -0.2) is 33.1 Å². The van der Waals surface area contributed by atoms with Crippen LogP contribution >= 0.6 is 0 Å². The van der Waals surface area contributed by atoms with Crippen LogP contribution in [0.15, 0.2) is 60.7 Å². The van der Waals surface area contributed by atoms with Crippen LogP contribution in [0.3, 0.4) is 0 Å². The Morgan fingerprint density at radius 2 is 1.52 bits per heavy atom. The summed E-state index contributed by atoms with van der Waals surface area (Å²) in [5.74, 6) is -0.894. The first-order valence-corrected chi connectivity index (χ1v) is 9.43. The lowest BCUT2D eigenvalue weighted by Gasteiger charge is -2.21. The number of fused-ring (bicyclic) bond motifs is 4. The third-order valence-electron chi connectivity index (χ3n) is 5.51. The average molecular weight is 392 g/mol. The molecule has 1 N–H and O–H groups in total. The number of aliphatic hydroxyl groups is 1. The predicted molar refractivity (Wildman–Crippen MR) is 107 cm³/mol. The molecule has 0 aliphatic carbocycles. The van der Waals surface area contributed by atoms with E-state index in [9.17, 15) is 18.7 Å². The smallest absolute Gasteiger partial charge is 0.254 e. The van der Waals surface area contributed by atoms with E-state index < -0.39 is 17.7 Å². The van der Waals surface area contributed by atoms with E-state index in [0.29, 0.717) is 33.9 Å². The highest BCUT2D eigenvalue weighted by Crippen LogP contribution is 2.31. The molecule has 1 unspecified atom stereocenters. The summed E-state index contributed by atoms with van der Waals surface area (Å²) in [5.41, 5.74) is 3.04. The van der Waals surface area contributed by atoms with Gasteiger partial charge in [0.25, 0.3) is 5.91 Å². The molecule has 29 heavy (non-hydrogen) atoms. The van der Waals surface area contributed by atoms with Gasteiger partial charge < -0.3 is 14.6 Å². The molecule has 0 spiro atoms. The molecule has 3 aromatic carbocycles. The van der Waals surface area contributed by atoms with E-state index in [1.165, 1.54) is 24.3 Å². The third-order valence-corrected chi connectivity index (χ3v) is 5.51. The normalized spacial score (nSPS) is 14.7. The third kappa shape index (κ3) is 2.96. The van der Waals surface area contributed by atoms with Crippen LogP contribution in [0, 0.1) is 11.6 Å². The summed E-state index contributed by atoms with van der Waals surface area (Å²) in [5, 5.41) is 11.9. The number of aromatic nitrogens is 1. The number of β-amino-alcohol motifs (C(OH)–C–C–N with tert-alkyl or cyclic N) is 1. The van der Waals surface area contributed by atoms with Crippen molar-refractivity contribution in [2.24, 2.45) is 0 Å². The summed E-state index contributed by atoms with van der Waals surface area (Å²) < 4.78 is 29.4. The van der Waals surface area contributed by atoms with Crippen LogP contribution in [0.2, 0.25) is 0 Å². The summed E-state index contributed by atoms with van der Waals surface area (Å²) >= 11 is 0. The van der Waals surface area contributed by atoms with E-state index in [4.69, 9.17) is 0 Å². The molecule has 0 radical (unpaired) electrons. The maximum absolute atomic E-state index is 13.8. The number of amides is 1. The first kappa shape index (κ1) is 17.8. The van der Waals surface area contributed by atoms with Crippen molar-refractivity contribution in [3.05, 3.63) is 83.4 Å². The highest BCUT2D eigenvalue weighted by atomic mass is 19.1. The first-order valence-electron chi connectivity index (χ1n) is 9.43. The quantitative estimate of drug-likeness (QED) is 0.569. The van der Waals surface area contributed by atoms with Crippen molar-refractivity contribution in [3.8, 4) is 0 Å². The number of halogens is 2. The average Bonchev–Trinajstić information content (AvgIpc) is 3.17. The van der Waals surface area contributed by atoms with E-state index >= 15 is 0 Å². The zero-order valence-electron chi connectivity index (χ0n) is 15.5. The fourth-order valence-corrected chi connectivity index (χ4v) is 4.23. The maximum atomic E-state index is 13.8. The Hall–Kier alpha value is -3.25. The Kier molecular flexibility index (Phi) is 4.10. The number of carbonyl (C=O) groups excluding carboxylic acids is 1. The van der Waals surface area contributed by atoms with Gasteiger partial charge in [-0.3, -0.25) is 4.79 Å². The summed E-state index contributed by atoms with van der Waals surface area (Å²) in [4.78, 5) is 14.2. The Morgan fingerprint density at radius 3 is 2.14 bits per heavy atom. The molecule has 0 bridgehead atoms. The van der Waals surface area contributed by atoms with E-state index in [2.05, 4.69) is 0 Å². The van der Waals surface area contributed by atoms with Crippen LogP contribution in [0.5, 0.6) is 0 Å². The van der Waals surface area contributed by atoms with Crippen LogP contribution < -0.4 is 0 Å². The van der Waals surface area contributed by atoms with Gasteiger partial charge in [0.1, 0.15) is 11.6 Å². The molecule has 146 valence electrons. The number of hydrogen-bond acceptors (Lipinski definition) is 2. The van der Waals surface area contributed by atoms with Gasteiger partial charge in [0.05, 0.1) is 12.6 Å². The molecule has 2 heterocycles. The molecule has 4 aromatic rings. The first-order chi connectivity index (χ1) is 14.0. The second-order valence-electron chi connectivity index (χ2n) is 7.43. The number of rotatable bonds is 4. The van der Waals surface area contributed by atoms with Gasteiger partial charge in [-0.2, -0.15) is 0 Å². The highest BCUT2D eigenvalue weighted by Gasteiger charge is 2.28. The molecule has 1 aliphatic heterocycles. The van der Waals surface area contributed by atoms with Gasteiger partial charge in [0, 0.05) is 40.5 Å². The molecular weight excluding hydrogens is 374 g/mol. The monoisotopic (exact) mass is 392 g/mol. The van der Waals surface area contributed by atoms with Gasteiger partial charge >= 0.3 is 0 Å². The summed E-state index contributed by atoms with van der Waals surface area (Å²) in [7, 11) is 0. The van der Waals surface area contributed by atoms with E-state index in [0.717, 1.165) is 5.56 Å². The van der Waals surface area contributed by atoms with Crippen molar-refractivity contribution in [3.63, 3.8) is 0 Å². The lowest BCUT2D eigenvalue weighted by Crippen LogP contribution is -2.35. The minimum atomic E-state index is -0.831. The summed E-state index contributed by atoms with van der Waals surface area (Å²) in [6.07, 6.45) is -0.831. The van der Waals surface area contributed by atoms with Crippen molar-refractivity contribution in [2.45, 2.75) is 19.2 Å². The minimum Gasteiger partial charge on any atom is -0.389 e. The zero-order chi connectivity index (χ0) is 20.1. The fourth-order valence-electron chi connectivity index (χ4n) is 4.23. The highest BCUT2D eigenvalue weighted by molar-refractivity contribution is 6.08. The molecule has 1 aliphatic rings. The molecule has 0 saturated carbocycles. The summed E-state index contributed by atoms with van der Waals surface area (Å²) in [6.45, 7) is 0.851. The van der Waals surface area contributed by atoms with Gasteiger partial charge in [0.2, 0.25) is 0 Å². The van der Waals surface area contributed by atoms with Gasteiger partial charge in [-0.15, -0.1) is 0 Å². The van der Waals surface area contributed by atoms with Crippen molar-refractivity contribution in [1.82, 2.24) is 9.47 Å². The molecule has 4 nitrogen and oxygen atoms in total. The lowest BCUT2D eigenvalue weighted by molar-refractivity contribution is 0.0619. The second kappa shape index (κ2) is 6.67. The molecule has 0 fully saturated rings. The van der Waals surface area contributed by atoms with Gasteiger partial charge in [-0.25, -0.2) is 8.78 Å². The lowest BCUT2D eigenvalue weighted by atomic mass is 10.1. The molecule has 5 rings (SSSR count). The molecule has 1 aromatic heterocycles. The van der Waals surface area contributed by atoms with E-state index in [-0.39, 0.29) is 19.0 Å². The molecular formula is C23H18F2N2O2. The van der Waals surface area contributed by atoms with Crippen LogP contribution in [0.1, 0.15) is 15.9 Å². The Bertz CT molecular complexity index is 1210.